The van der Waals surface area contributed by atoms with E-state index in [1.165, 1.54) is 17.7 Å². The summed E-state index contributed by atoms with van der Waals surface area (Å²) in [6.45, 7) is 1.77. The molecule has 0 aromatic rings. The number of urea groups is 1. The molecule has 4 rings (SSSR count). The number of fused-ring (bicyclic) bond motifs is 2. The molecule has 158 valence electrons. The molecule has 3 amide bonds. The molecule has 11 nitrogen and oxygen atoms in total. The highest BCUT2D eigenvalue weighted by Gasteiger charge is 2.50. The first-order chi connectivity index (χ1) is 13.3. The maximum Gasteiger partial charge on any atom is 0.418 e. The molecule has 0 radical (unpaired) electrons. The van der Waals surface area contributed by atoms with E-state index in [9.17, 15) is 18.0 Å². The molecule has 1 unspecified atom stereocenters. The summed E-state index contributed by atoms with van der Waals surface area (Å²) in [5.41, 5.74) is 2.64. The van der Waals surface area contributed by atoms with E-state index in [0.717, 1.165) is 25.8 Å². The number of hydrogen-bond donors (Lipinski definition) is 3. The summed E-state index contributed by atoms with van der Waals surface area (Å²) in [4.78, 5) is 32.2. The van der Waals surface area contributed by atoms with Gasteiger partial charge in [-0.15, -0.1) is 4.28 Å². The van der Waals surface area contributed by atoms with Crippen molar-refractivity contribution < 1.29 is 31.7 Å². The van der Waals surface area contributed by atoms with Gasteiger partial charge in [0.25, 0.3) is 5.91 Å². The van der Waals surface area contributed by atoms with Gasteiger partial charge in [0.2, 0.25) is 0 Å². The Hall–Kier alpha value is -1.47. The van der Waals surface area contributed by atoms with E-state index in [2.05, 4.69) is 15.1 Å². The second kappa shape index (κ2) is 7.41. The summed E-state index contributed by atoms with van der Waals surface area (Å²) < 4.78 is 35.1. The van der Waals surface area contributed by atoms with E-state index < -0.39 is 34.4 Å². The van der Waals surface area contributed by atoms with Gasteiger partial charge in [0.1, 0.15) is 12.1 Å². The van der Waals surface area contributed by atoms with Gasteiger partial charge in [0.15, 0.2) is 0 Å². The summed E-state index contributed by atoms with van der Waals surface area (Å²) >= 11 is 0. The second-order valence-electron chi connectivity index (χ2n) is 8.11. The zero-order chi connectivity index (χ0) is 19.9. The van der Waals surface area contributed by atoms with Crippen LogP contribution in [0.1, 0.15) is 44.9 Å². The minimum atomic E-state index is -4.81. The molecule has 0 aromatic heterocycles. The van der Waals surface area contributed by atoms with Crippen LogP contribution in [-0.2, 0) is 24.3 Å². The predicted octanol–water partition coefficient (Wildman–Crippen LogP) is -0.0405. The van der Waals surface area contributed by atoms with Crippen molar-refractivity contribution >= 4 is 22.3 Å². The zero-order valence-electron chi connectivity index (χ0n) is 15.5. The van der Waals surface area contributed by atoms with Crippen LogP contribution in [0.5, 0.6) is 0 Å². The fourth-order valence-corrected chi connectivity index (χ4v) is 5.46. The molecule has 3 aliphatic heterocycles. The highest BCUT2D eigenvalue weighted by Crippen LogP contribution is 2.46. The Morgan fingerprint density at radius 1 is 1.25 bits per heavy atom. The van der Waals surface area contributed by atoms with Crippen molar-refractivity contribution in [3.63, 3.8) is 0 Å². The normalized spacial score (nSPS) is 32.2. The van der Waals surface area contributed by atoms with Gasteiger partial charge in [0.05, 0.1) is 6.04 Å². The molecule has 28 heavy (non-hydrogen) atoms. The number of hydroxylamine groups is 3. The van der Waals surface area contributed by atoms with Crippen molar-refractivity contribution in [2.75, 3.05) is 19.6 Å². The number of nitrogens with one attached hydrogen (secondary N) is 2. The lowest BCUT2D eigenvalue weighted by Crippen LogP contribution is -2.54. The van der Waals surface area contributed by atoms with Crippen molar-refractivity contribution in [1.82, 2.24) is 20.8 Å². The fraction of sp³-hybridized carbons (Fsp3) is 0.875. The maximum atomic E-state index is 12.7. The summed E-state index contributed by atoms with van der Waals surface area (Å²) in [6.07, 6.45) is 6.16. The van der Waals surface area contributed by atoms with Crippen LogP contribution in [0.25, 0.3) is 0 Å². The number of hydrogen-bond acceptors (Lipinski definition) is 7. The maximum absolute atomic E-state index is 12.7. The molecule has 0 aromatic carbocycles. The quantitative estimate of drug-likeness (QED) is 0.418. The first-order valence-corrected chi connectivity index (χ1v) is 11.1. The lowest BCUT2D eigenvalue weighted by Gasteiger charge is -2.41. The number of piperidine rings is 2. The third-order valence-corrected chi connectivity index (χ3v) is 6.86. The molecule has 1 spiro atoms. The zero-order valence-corrected chi connectivity index (χ0v) is 16.3. The molecule has 4 fully saturated rings. The summed E-state index contributed by atoms with van der Waals surface area (Å²) in [7, 11) is -4.81. The van der Waals surface area contributed by atoms with E-state index in [-0.39, 0.29) is 18.1 Å². The molecular weight excluding hydrogens is 392 g/mol. The largest absolute Gasteiger partial charge is 0.418 e. The topological polar surface area (TPSA) is 138 Å². The van der Waals surface area contributed by atoms with Crippen molar-refractivity contribution in [2.24, 2.45) is 5.41 Å². The Morgan fingerprint density at radius 3 is 2.71 bits per heavy atom. The molecule has 3 N–H and O–H groups in total. The third-order valence-electron chi connectivity index (χ3n) is 6.51. The molecule has 1 saturated carbocycles. The van der Waals surface area contributed by atoms with Crippen LogP contribution >= 0.6 is 0 Å². The van der Waals surface area contributed by atoms with Gasteiger partial charge in [-0.05, 0) is 38.6 Å². The second-order valence-corrected chi connectivity index (χ2v) is 9.11. The highest BCUT2D eigenvalue weighted by atomic mass is 32.3. The van der Waals surface area contributed by atoms with Crippen LogP contribution in [0.3, 0.4) is 0 Å². The van der Waals surface area contributed by atoms with Gasteiger partial charge in [-0.25, -0.2) is 10.3 Å². The number of rotatable bonds is 5. The van der Waals surface area contributed by atoms with Crippen LogP contribution in [0.4, 0.5) is 4.79 Å². The van der Waals surface area contributed by atoms with Crippen molar-refractivity contribution in [2.45, 2.75) is 63.1 Å². The van der Waals surface area contributed by atoms with Crippen LogP contribution in [-0.4, -0.2) is 72.7 Å². The van der Waals surface area contributed by atoms with E-state index >= 15 is 0 Å². The van der Waals surface area contributed by atoms with Crippen LogP contribution in [0, 0.1) is 5.41 Å². The Kier molecular flexibility index (Phi) is 5.25. The molecule has 3 atom stereocenters. The summed E-state index contributed by atoms with van der Waals surface area (Å²) in [5.74, 6) is -0.431. The Balaban J connectivity index is 1.37. The first kappa shape index (κ1) is 19.8. The number of nitrogens with zero attached hydrogens (tertiary/aromatic N) is 2. The van der Waals surface area contributed by atoms with Gasteiger partial charge >= 0.3 is 16.4 Å². The molecule has 3 saturated heterocycles. The Morgan fingerprint density at radius 2 is 2.00 bits per heavy atom. The van der Waals surface area contributed by atoms with Crippen LogP contribution < -0.4 is 10.8 Å². The molecule has 2 bridgehead atoms. The van der Waals surface area contributed by atoms with E-state index in [1.807, 2.05) is 0 Å². The number of amides is 3. The number of carbonyl (C=O) groups excluding carboxylic acids is 2. The summed E-state index contributed by atoms with van der Waals surface area (Å²) in [6, 6.07) is -2.05. The van der Waals surface area contributed by atoms with E-state index in [1.54, 1.807) is 0 Å². The molecular formula is C16H26N4O7S. The lowest BCUT2D eigenvalue weighted by atomic mass is 9.75. The summed E-state index contributed by atoms with van der Waals surface area (Å²) in [5, 5.41) is 3.93. The minimum absolute atomic E-state index is 0.0970. The Labute approximate surface area is 163 Å². The predicted molar refractivity (Wildman–Crippen MR) is 94.8 cm³/mol. The van der Waals surface area contributed by atoms with Crippen molar-refractivity contribution in [1.29, 1.82) is 0 Å². The molecule has 4 aliphatic rings. The highest BCUT2D eigenvalue weighted by molar-refractivity contribution is 7.80. The van der Waals surface area contributed by atoms with E-state index in [0.29, 0.717) is 24.4 Å². The van der Waals surface area contributed by atoms with Gasteiger partial charge < -0.3 is 10.2 Å². The number of carbonyl (C=O) groups is 2. The van der Waals surface area contributed by atoms with Crippen LogP contribution in [0.15, 0.2) is 0 Å². The van der Waals surface area contributed by atoms with Crippen LogP contribution in [0.2, 0.25) is 0 Å². The molecule has 12 heteroatoms. The minimum Gasteiger partial charge on any atom is -0.314 e. The average Bonchev–Trinajstić information content (AvgIpc) is 3.20. The molecule has 1 aliphatic carbocycles. The van der Waals surface area contributed by atoms with Gasteiger partial charge in [0, 0.05) is 18.5 Å². The van der Waals surface area contributed by atoms with Gasteiger partial charge in [-0.3, -0.25) is 14.2 Å². The van der Waals surface area contributed by atoms with E-state index in [4.69, 9.17) is 9.39 Å². The van der Waals surface area contributed by atoms with Gasteiger partial charge in [-0.1, -0.05) is 12.8 Å². The lowest BCUT2D eigenvalue weighted by molar-refractivity contribution is -0.155. The van der Waals surface area contributed by atoms with Gasteiger partial charge in [-0.2, -0.15) is 13.5 Å². The van der Waals surface area contributed by atoms with Crippen molar-refractivity contribution in [3.05, 3.63) is 0 Å². The Bertz CT molecular complexity index is 739. The molecule has 3 heterocycles. The average molecular weight is 418 g/mol. The first-order valence-electron chi connectivity index (χ1n) is 9.72. The standard InChI is InChI=1S/C16H26N4O7S/c21-14(18-26-13-9-17-8-7-16(13)5-1-2-6-16)12-4-3-11-10-19(12)15(22)20(11)27-28(23,24)25/h11-13,17H,1-10H2,(H,18,21)(H,23,24,25)/t11-,12+,13?/m1/s1. The monoisotopic (exact) mass is 418 g/mol. The SMILES string of the molecule is O=C(NOC1CNCCC12CCCC2)[C@@H]1CC[C@@H]2CN1C(=O)N2OS(=O)(=O)O. The third kappa shape index (κ3) is 3.71. The fourth-order valence-electron chi connectivity index (χ4n) is 5.07. The smallest absolute Gasteiger partial charge is 0.314 e. The van der Waals surface area contributed by atoms with Crippen molar-refractivity contribution in [3.8, 4) is 0 Å².